The molecule has 1 aromatic heterocycles. The summed E-state index contributed by atoms with van der Waals surface area (Å²) in [5, 5.41) is 22.8. The van der Waals surface area contributed by atoms with Crippen LogP contribution >= 0.6 is 11.6 Å². The number of pyridine rings is 1. The lowest BCUT2D eigenvalue weighted by atomic mass is 10.1. The summed E-state index contributed by atoms with van der Waals surface area (Å²) in [6.45, 7) is -0.393. The summed E-state index contributed by atoms with van der Waals surface area (Å²) in [5.74, 6) is -0.355. The molecular formula is C13H11ClFN3O3. The summed E-state index contributed by atoms with van der Waals surface area (Å²) in [7, 11) is 0. The number of aliphatic hydroxyl groups is 1. The highest BCUT2D eigenvalue weighted by Gasteiger charge is 2.18. The number of rotatable bonds is 5. The van der Waals surface area contributed by atoms with E-state index in [4.69, 9.17) is 11.6 Å². The largest absolute Gasteiger partial charge is 0.394 e. The molecule has 0 spiro atoms. The molecule has 2 rings (SSSR count). The van der Waals surface area contributed by atoms with Crippen molar-refractivity contribution in [3.8, 4) is 0 Å². The monoisotopic (exact) mass is 311 g/mol. The van der Waals surface area contributed by atoms with Crippen LogP contribution in [0.25, 0.3) is 0 Å². The molecule has 1 heterocycles. The van der Waals surface area contributed by atoms with Crippen molar-refractivity contribution >= 4 is 23.1 Å². The van der Waals surface area contributed by atoms with Crippen LogP contribution in [0.5, 0.6) is 0 Å². The van der Waals surface area contributed by atoms with Gasteiger partial charge in [0.05, 0.1) is 22.6 Å². The Morgan fingerprint density at radius 1 is 1.48 bits per heavy atom. The van der Waals surface area contributed by atoms with Crippen LogP contribution in [-0.2, 0) is 0 Å². The minimum absolute atomic E-state index is 0.0130. The molecule has 1 aromatic carbocycles. The fourth-order valence-electron chi connectivity index (χ4n) is 1.78. The van der Waals surface area contributed by atoms with Gasteiger partial charge in [-0.2, -0.15) is 0 Å². The molecule has 0 aliphatic heterocycles. The maximum absolute atomic E-state index is 13.7. The van der Waals surface area contributed by atoms with E-state index in [1.165, 1.54) is 18.2 Å². The van der Waals surface area contributed by atoms with E-state index < -0.39 is 23.4 Å². The van der Waals surface area contributed by atoms with Crippen molar-refractivity contribution in [2.75, 3.05) is 11.9 Å². The van der Waals surface area contributed by atoms with Crippen molar-refractivity contribution < 1.29 is 14.4 Å². The summed E-state index contributed by atoms with van der Waals surface area (Å²) < 4.78 is 13.7. The number of hydrogen-bond donors (Lipinski definition) is 2. The van der Waals surface area contributed by atoms with Gasteiger partial charge in [0.15, 0.2) is 0 Å². The molecular weight excluding hydrogens is 301 g/mol. The molecule has 21 heavy (non-hydrogen) atoms. The second-order valence-electron chi connectivity index (χ2n) is 4.18. The Kier molecular flexibility index (Phi) is 4.66. The molecule has 1 unspecified atom stereocenters. The summed E-state index contributed by atoms with van der Waals surface area (Å²) >= 11 is 5.90. The number of hydrogen-bond acceptors (Lipinski definition) is 5. The molecule has 0 saturated carbocycles. The van der Waals surface area contributed by atoms with Crippen molar-refractivity contribution in [2.45, 2.75) is 6.04 Å². The van der Waals surface area contributed by atoms with Gasteiger partial charge in [-0.1, -0.05) is 29.8 Å². The molecule has 0 bridgehead atoms. The highest BCUT2D eigenvalue weighted by Crippen LogP contribution is 2.28. The van der Waals surface area contributed by atoms with E-state index in [-0.39, 0.29) is 22.1 Å². The lowest BCUT2D eigenvalue weighted by Gasteiger charge is -2.18. The Morgan fingerprint density at radius 3 is 2.76 bits per heavy atom. The third kappa shape index (κ3) is 3.45. The quantitative estimate of drug-likeness (QED) is 0.654. The van der Waals surface area contributed by atoms with Gasteiger partial charge in [-0.05, 0) is 6.07 Å². The first-order chi connectivity index (χ1) is 10.0. The molecule has 1 atom stereocenters. The summed E-state index contributed by atoms with van der Waals surface area (Å²) in [5.41, 5.74) is -0.00629. The Morgan fingerprint density at radius 2 is 2.19 bits per heavy atom. The fraction of sp³-hybridized carbons (Fsp3) is 0.154. The van der Waals surface area contributed by atoms with E-state index in [1.54, 1.807) is 6.07 Å². The Bertz CT molecular complexity index is 669. The van der Waals surface area contributed by atoms with Crippen LogP contribution < -0.4 is 5.32 Å². The smallest absolute Gasteiger partial charge is 0.289 e. The van der Waals surface area contributed by atoms with Crippen LogP contribution in [0.1, 0.15) is 11.6 Å². The zero-order valence-corrected chi connectivity index (χ0v) is 11.4. The number of halogens is 2. The van der Waals surface area contributed by atoms with Gasteiger partial charge in [-0.3, -0.25) is 10.1 Å². The highest BCUT2D eigenvalue weighted by atomic mass is 35.5. The second-order valence-corrected chi connectivity index (χ2v) is 4.59. The Labute approximate surface area is 124 Å². The maximum Gasteiger partial charge on any atom is 0.289 e. The number of nitro groups is 1. The van der Waals surface area contributed by atoms with E-state index in [1.807, 2.05) is 0 Å². The van der Waals surface area contributed by atoms with Crippen LogP contribution in [0.2, 0.25) is 5.02 Å². The molecule has 2 N–H and O–H groups in total. The van der Waals surface area contributed by atoms with Gasteiger partial charge in [0.1, 0.15) is 17.8 Å². The zero-order valence-electron chi connectivity index (χ0n) is 10.7. The molecule has 2 aromatic rings. The van der Waals surface area contributed by atoms with E-state index in [0.717, 1.165) is 12.3 Å². The number of aromatic nitrogens is 1. The molecule has 0 aliphatic rings. The van der Waals surface area contributed by atoms with Crippen molar-refractivity contribution in [1.29, 1.82) is 0 Å². The van der Waals surface area contributed by atoms with Gasteiger partial charge in [-0.15, -0.1) is 0 Å². The molecule has 6 nitrogen and oxygen atoms in total. The van der Waals surface area contributed by atoms with E-state index in [2.05, 4.69) is 10.3 Å². The minimum atomic E-state index is -0.766. The van der Waals surface area contributed by atoms with Gasteiger partial charge in [-0.25, -0.2) is 9.37 Å². The lowest BCUT2D eigenvalue weighted by molar-refractivity contribution is -0.385. The fourth-order valence-corrected chi connectivity index (χ4v) is 1.99. The van der Waals surface area contributed by atoms with E-state index in [9.17, 15) is 19.6 Å². The van der Waals surface area contributed by atoms with Gasteiger partial charge in [0, 0.05) is 11.6 Å². The molecule has 0 saturated heterocycles. The summed E-state index contributed by atoms with van der Waals surface area (Å²) in [6, 6.07) is 6.32. The Hall–Kier alpha value is -2.25. The van der Waals surface area contributed by atoms with Crippen molar-refractivity contribution in [3.05, 3.63) is 63.0 Å². The second kappa shape index (κ2) is 6.47. The first-order valence-corrected chi connectivity index (χ1v) is 6.32. The van der Waals surface area contributed by atoms with Crippen LogP contribution in [0.3, 0.4) is 0 Å². The normalized spacial score (nSPS) is 12.0. The first-order valence-electron chi connectivity index (χ1n) is 5.94. The van der Waals surface area contributed by atoms with Gasteiger partial charge in [0.25, 0.3) is 5.69 Å². The highest BCUT2D eigenvalue weighted by molar-refractivity contribution is 6.33. The predicted molar refractivity (Wildman–Crippen MR) is 75.8 cm³/mol. The zero-order chi connectivity index (χ0) is 15.4. The van der Waals surface area contributed by atoms with E-state index >= 15 is 0 Å². The first kappa shape index (κ1) is 15.1. The SMILES string of the molecule is O=[N+]([O-])c1cnc(NC(CO)c2ccccc2F)c(Cl)c1. The van der Waals surface area contributed by atoms with Crippen LogP contribution in [0.15, 0.2) is 36.5 Å². The third-order valence-corrected chi connectivity index (χ3v) is 3.10. The number of nitrogens with one attached hydrogen (secondary N) is 1. The van der Waals surface area contributed by atoms with Gasteiger partial charge >= 0.3 is 0 Å². The minimum Gasteiger partial charge on any atom is -0.394 e. The van der Waals surface area contributed by atoms with Crippen molar-refractivity contribution in [1.82, 2.24) is 4.98 Å². The van der Waals surface area contributed by atoms with Gasteiger partial charge < -0.3 is 10.4 Å². The van der Waals surface area contributed by atoms with Crippen LogP contribution in [0.4, 0.5) is 15.9 Å². The number of benzene rings is 1. The maximum atomic E-state index is 13.7. The number of aliphatic hydroxyl groups excluding tert-OH is 1. The molecule has 110 valence electrons. The predicted octanol–water partition coefficient (Wildman–Crippen LogP) is 2.93. The Balaban J connectivity index is 2.27. The van der Waals surface area contributed by atoms with Crippen molar-refractivity contribution in [3.63, 3.8) is 0 Å². The average molecular weight is 312 g/mol. The average Bonchev–Trinajstić information content (AvgIpc) is 2.47. The molecule has 0 radical (unpaired) electrons. The van der Waals surface area contributed by atoms with Gasteiger partial charge in [0.2, 0.25) is 0 Å². The van der Waals surface area contributed by atoms with Crippen LogP contribution in [0, 0.1) is 15.9 Å². The van der Waals surface area contributed by atoms with Crippen molar-refractivity contribution in [2.24, 2.45) is 0 Å². The molecule has 8 heteroatoms. The topological polar surface area (TPSA) is 88.3 Å². The molecule has 0 amide bonds. The lowest BCUT2D eigenvalue weighted by Crippen LogP contribution is -2.17. The third-order valence-electron chi connectivity index (χ3n) is 2.81. The van der Waals surface area contributed by atoms with Crippen LogP contribution in [-0.4, -0.2) is 21.6 Å². The number of anilines is 1. The molecule has 0 aliphatic carbocycles. The summed E-state index contributed by atoms with van der Waals surface area (Å²) in [4.78, 5) is 13.8. The number of nitrogens with zero attached hydrogens (tertiary/aromatic N) is 2. The summed E-state index contributed by atoms with van der Waals surface area (Å²) in [6.07, 6.45) is 1.03. The molecule has 0 fully saturated rings. The standard InChI is InChI=1S/C13H11ClFN3O3/c14-10-5-8(18(20)21)6-16-13(10)17-12(7-19)9-3-1-2-4-11(9)15/h1-6,12,19H,7H2,(H,16,17). The van der Waals surface area contributed by atoms with E-state index in [0.29, 0.717) is 0 Å².